The largest absolute Gasteiger partial charge is 0.352 e. The summed E-state index contributed by atoms with van der Waals surface area (Å²) < 4.78 is 13.4. The maximum Gasteiger partial charge on any atom is 0.224 e. The number of benzene rings is 1. The van der Waals surface area contributed by atoms with E-state index in [0.717, 1.165) is 6.42 Å². The van der Waals surface area contributed by atoms with Crippen molar-refractivity contribution >= 4 is 21.8 Å². The van der Waals surface area contributed by atoms with Gasteiger partial charge in [-0.2, -0.15) is 0 Å². The van der Waals surface area contributed by atoms with E-state index in [9.17, 15) is 9.18 Å². The van der Waals surface area contributed by atoms with Crippen LogP contribution in [0.15, 0.2) is 24.3 Å². The lowest BCUT2D eigenvalue weighted by Gasteiger charge is -2.18. The summed E-state index contributed by atoms with van der Waals surface area (Å²) in [5, 5.41) is 3.64. The summed E-state index contributed by atoms with van der Waals surface area (Å²) in [6.07, 6.45) is 1.00. The number of amides is 1. The number of nitrogens with one attached hydrogen (secondary N) is 1. The Balaban J connectivity index is 2.53. The van der Waals surface area contributed by atoms with E-state index in [2.05, 4.69) is 35.1 Å². The van der Waals surface area contributed by atoms with Gasteiger partial charge in [-0.1, -0.05) is 48.0 Å². The van der Waals surface area contributed by atoms with Crippen LogP contribution in [0.25, 0.3) is 0 Å². The lowest BCUT2D eigenvalue weighted by atomic mass is 10.0. The number of carbonyl (C=O) groups is 1. The fraction of sp³-hybridized carbons (Fsp3) is 0.500. The quantitative estimate of drug-likeness (QED) is 0.802. The van der Waals surface area contributed by atoms with Crippen LogP contribution < -0.4 is 5.32 Å². The predicted octanol–water partition coefficient (Wildman–Crippen LogP) is 3.29. The second-order valence-corrected chi connectivity index (χ2v) is 5.46. The lowest BCUT2D eigenvalue weighted by molar-refractivity contribution is -0.121. The van der Waals surface area contributed by atoms with E-state index in [1.165, 1.54) is 6.07 Å². The normalized spacial score (nSPS) is 12.5. The molecule has 1 unspecified atom stereocenters. The van der Waals surface area contributed by atoms with Crippen LogP contribution in [0.5, 0.6) is 0 Å². The van der Waals surface area contributed by atoms with Crippen molar-refractivity contribution in [3.63, 3.8) is 0 Å². The summed E-state index contributed by atoms with van der Waals surface area (Å²) in [5.41, 5.74) is 0.438. The fourth-order valence-corrected chi connectivity index (χ4v) is 2.25. The molecule has 1 amide bonds. The summed E-state index contributed by atoms with van der Waals surface area (Å²) in [4.78, 5) is 11.8. The first kappa shape index (κ1) is 15.2. The average Bonchev–Trinajstić information content (AvgIpc) is 2.30. The number of hydrogen-bond acceptors (Lipinski definition) is 1. The van der Waals surface area contributed by atoms with Gasteiger partial charge in [0.1, 0.15) is 5.82 Å². The van der Waals surface area contributed by atoms with E-state index in [1.54, 1.807) is 18.2 Å². The van der Waals surface area contributed by atoms with Crippen molar-refractivity contribution in [1.29, 1.82) is 0 Å². The van der Waals surface area contributed by atoms with Crippen LogP contribution in [0.3, 0.4) is 0 Å². The minimum atomic E-state index is -0.327. The van der Waals surface area contributed by atoms with Gasteiger partial charge in [0.15, 0.2) is 0 Å². The van der Waals surface area contributed by atoms with Gasteiger partial charge in [0.25, 0.3) is 0 Å². The Hall–Kier alpha value is -0.900. The topological polar surface area (TPSA) is 29.1 Å². The monoisotopic (exact) mass is 315 g/mol. The zero-order chi connectivity index (χ0) is 13.5. The molecule has 0 saturated heterocycles. The molecule has 0 aromatic heterocycles. The minimum Gasteiger partial charge on any atom is -0.352 e. The molecule has 0 spiro atoms. The molecule has 1 atom stereocenters. The number of carbonyl (C=O) groups excluding carboxylic acids is 1. The smallest absolute Gasteiger partial charge is 0.224 e. The third kappa shape index (κ3) is 5.17. The summed E-state index contributed by atoms with van der Waals surface area (Å²) in [6.45, 7) is 4.22. The number of halogens is 2. The maximum atomic E-state index is 13.4. The molecule has 1 aromatic rings. The van der Waals surface area contributed by atoms with Crippen LogP contribution in [0, 0.1) is 11.7 Å². The third-order valence-electron chi connectivity index (χ3n) is 2.62. The van der Waals surface area contributed by atoms with Crippen molar-refractivity contribution < 1.29 is 9.18 Å². The van der Waals surface area contributed by atoms with Gasteiger partial charge in [0.2, 0.25) is 5.91 Å². The van der Waals surface area contributed by atoms with Crippen molar-refractivity contribution in [2.24, 2.45) is 5.92 Å². The van der Waals surface area contributed by atoms with Crippen LogP contribution in [-0.4, -0.2) is 17.3 Å². The molecule has 2 nitrogen and oxygen atoms in total. The molecule has 1 rings (SSSR count). The van der Waals surface area contributed by atoms with Crippen molar-refractivity contribution in [2.45, 2.75) is 32.7 Å². The maximum absolute atomic E-state index is 13.4. The highest BCUT2D eigenvalue weighted by atomic mass is 79.9. The van der Waals surface area contributed by atoms with E-state index >= 15 is 0 Å². The van der Waals surface area contributed by atoms with E-state index < -0.39 is 0 Å². The van der Waals surface area contributed by atoms with Gasteiger partial charge in [0, 0.05) is 11.4 Å². The second kappa shape index (κ2) is 7.52. The van der Waals surface area contributed by atoms with Gasteiger partial charge >= 0.3 is 0 Å². The zero-order valence-corrected chi connectivity index (χ0v) is 12.3. The Labute approximate surface area is 116 Å². The van der Waals surface area contributed by atoms with Gasteiger partial charge in [0.05, 0.1) is 6.42 Å². The molecule has 4 heteroatoms. The first-order chi connectivity index (χ1) is 8.52. The third-order valence-corrected chi connectivity index (χ3v) is 3.40. The molecule has 0 saturated carbocycles. The predicted molar refractivity (Wildman–Crippen MR) is 75.3 cm³/mol. The molecule has 0 radical (unpaired) electrons. The summed E-state index contributed by atoms with van der Waals surface area (Å²) in [6, 6.07) is 6.47. The van der Waals surface area contributed by atoms with E-state index in [1.807, 2.05) is 0 Å². The van der Waals surface area contributed by atoms with Crippen LogP contribution in [0.1, 0.15) is 25.8 Å². The summed E-state index contributed by atoms with van der Waals surface area (Å²) >= 11 is 3.38. The number of alkyl halides is 1. The molecule has 0 heterocycles. The molecular formula is C14H19BrFNO. The Morgan fingerprint density at radius 3 is 2.61 bits per heavy atom. The van der Waals surface area contributed by atoms with Crippen LogP contribution in [-0.2, 0) is 11.2 Å². The van der Waals surface area contributed by atoms with Gasteiger partial charge in [-0.15, -0.1) is 0 Å². The second-order valence-electron chi connectivity index (χ2n) is 4.82. The highest BCUT2D eigenvalue weighted by Crippen LogP contribution is 2.09. The molecular weight excluding hydrogens is 297 g/mol. The van der Waals surface area contributed by atoms with Crippen LogP contribution >= 0.6 is 15.9 Å². The van der Waals surface area contributed by atoms with Gasteiger partial charge < -0.3 is 5.32 Å². The Morgan fingerprint density at radius 1 is 1.39 bits per heavy atom. The summed E-state index contributed by atoms with van der Waals surface area (Å²) in [5.74, 6) is 0.0541. The minimum absolute atomic E-state index is 0.0915. The number of rotatable bonds is 6. The first-order valence-electron chi connectivity index (χ1n) is 6.11. The fourth-order valence-electron chi connectivity index (χ4n) is 1.82. The summed E-state index contributed by atoms with van der Waals surface area (Å²) in [7, 11) is 0. The van der Waals surface area contributed by atoms with Crippen LogP contribution in [0.2, 0.25) is 0 Å². The van der Waals surface area contributed by atoms with Gasteiger partial charge in [-0.25, -0.2) is 4.39 Å². The molecule has 0 aliphatic rings. The molecule has 1 aromatic carbocycles. The first-order valence-corrected chi connectivity index (χ1v) is 7.23. The standard InChI is InChI=1S/C14H19BrFNO/c1-10(2)7-12(9-15)17-14(18)8-11-5-3-4-6-13(11)16/h3-6,10,12H,7-9H2,1-2H3,(H,17,18). The van der Waals surface area contributed by atoms with Crippen molar-refractivity contribution in [1.82, 2.24) is 5.32 Å². The number of hydrogen-bond donors (Lipinski definition) is 1. The van der Waals surface area contributed by atoms with E-state index in [0.29, 0.717) is 16.8 Å². The van der Waals surface area contributed by atoms with Crippen LogP contribution in [0.4, 0.5) is 4.39 Å². The molecule has 0 bridgehead atoms. The van der Waals surface area contributed by atoms with Gasteiger partial charge in [-0.05, 0) is 24.0 Å². The molecule has 0 aliphatic carbocycles. The Bertz CT molecular complexity index is 395. The molecule has 0 fully saturated rings. The highest BCUT2D eigenvalue weighted by Gasteiger charge is 2.14. The highest BCUT2D eigenvalue weighted by molar-refractivity contribution is 9.09. The Kier molecular flexibility index (Phi) is 6.33. The van der Waals surface area contributed by atoms with E-state index in [-0.39, 0.29) is 24.2 Å². The lowest BCUT2D eigenvalue weighted by Crippen LogP contribution is -2.38. The van der Waals surface area contributed by atoms with Crippen molar-refractivity contribution in [2.75, 3.05) is 5.33 Å². The molecule has 100 valence electrons. The van der Waals surface area contributed by atoms with Crippen molar-refractivity contribution in [3.05, 3.63) is 35.6 Å². The Morgan fingerprint density at radius 2 is 2.06 bits per heavy atom. The molecule has 1 N–H and O–H groups in total. The van der Waals surface area contributed by atoms with Gasteiger partial charge in [-0.3, -0.25) is 4.79 Å². The van der Waals surface area contributed by atoms with E-state index in [4.69, 9.17) is 0 Å². The molecule has 18 heavy (non-hydrogen) atoms. The zero-order valence-electron chi connectivity index (χ0n) is 10.7. The van der Waals surface area contributed by atoms with Crippen molar-refractivity contribution in [3.8, 4) is 0 Å². The average molecular weight is 316 g/mol. The SMILES string of the molecule is CC(C)CC(CBr)NC(=O)Cc1ccccc1F. The molecule has 0 aliphatic heterocycles.